The lowest BCUT2D eigenvalue weighted by atomic mass is 10.2. The monoisotopic (exact) mass is 199 g/mol. The SMILES string of the molecule is CCc1cc2c(s1)CCOC2.CN. The normalized spacial score (nSPS) is 14.4. The number of fused-ring (bicyclic) bond motifs is 1. The molecule has 1 aliphatic heterocycles. The average molecular weight is 199 g/mol. The first-order valence-corrected chi connectivity index (χ1v) is 5.47. The second kappa shape index (κ2) is 5.37. The van der Waals surface area contributed by atoms with Crippen LogP contribution in [0.4, 0.5) is 0 Å². The van der Waals surface area contributed by atoms with E-state index in [-0.39, 0.29) is 0 Å². The molecule has 13 heavy (non-hydrogen) atoms. The summed E-state index contributed by atoms with van der Waals surface area (Å²) in [5.74, 6) is 0. The van der Waals surface area contributed by atoms with Gasteiger partial charge < -0.3 is 10.5 Å². The molecule has 0 radical (unpaired) electrons. The third-order valence-electron chi connectivity index (χ3n) is 2.03. The van der Waals surface area contributed by atoms with Crippen LogP contribution in [0.25, 0.3) is 0 Å². The molecule has 2 N–H and O–H groups in total. The summed E-state index contributed by atoms with van der Waals surface area (Å²) in [6.07, 6.45) is 2.29. The Morgan fingerprint density at radius 2 is 2.31 bits per heavy atom. The molecule has 1 aliphatic rings. The molecule has 0 saturated heterocycles. The molecule has 0 atom stereocenters. The molecule has 0 amide bonds. The minimum Gasteiger partial charge on any atom is -0.376 e. The van der Waals surface area contributed by atoms with Crippen LogP contribution in [0.1, 0.15) is 22.2 Å². The van der Waals surface area contributed by atoms with Crippen LogP contribution in [-0.4, -0.2) is 13.7 Å². The fourth-order valence-electron chi connectivity index (χ4n) is 1.38. The highest BCUT2D eigenvalue weighted by molar-refractivity contribution is 7.12. The Kier molecular flexibility index (Phi) is 4.42. The van der Waals surface area contributed by atoms with Crippen LogP contribution in [0, 0.1) is 0 Å². The molecular weight excluding hydrogens is 182 g/mol. The van der Waals surface area contributed by atoms with Crippen molar-refractivity contribution in [1.29, 1.82) is 0 Å². The third kappa shape index (κ3) is 2.53. The lowest BCUT2D eigenvalue weighted by Crippen LogP contribution is -2.05. The van der Waals surface area contributed by atoms with Crippen molar-refractivity contribution in [3.8, 4) is 0 Å². The maximum Gasteiger partial charge on any atom is 0.0727 e. The Labute approximate surface area is 83.7 Å². The number of ether oxygens (including phenoxy) is 1. The van der Waals surface area contributed by atoms with Crippen molar-refractivity contribution in [3.05, 3.63) is 21.4 Å². The molecular formula is C10H17NOS. The number of nitrogens with two attached hydrogens (primary N) is 1. The van der Waals surface area contributed by atoms with Gasteiger partial charge >= 0.3 is 0 Å². The van der Waals surface area contributed by atoms with Crippen LogP contribution >= 0.6 is 11.3 Å². The van der Waals surface area contributed by atoms with Gasteiger partial charge in [-0.15, -0.1) is 11.3 Å². The van der Waals surface area contributed by atoms with Crippen molar-refractivity contribution in [3.63, 3.8) is 0 Å². The molecule has 2 nitrogen and oxygen atoms in total. The molecule has 0 unspecified atom stereocenters. The summed E-state index contributed by atoms with van der Waals surface area (Å²) in [5, 5.41) is 0. The summed E-state index contributed by atoms with van der Waals surface area (Å²) in [5.41, 5.74) is 5.93. The Hall–Kier alpha value is -0.380. The number of hydrogen-bond donors (Lipinski definition) is 1. The highest BCUT2D eigenvalue weighted by Crippen LogP contribution is 2.26. The van der Waals surface area contributed by atoms with Gasteiger partial charge in [-0.2, -0.15) is 0 Å². The smallest absolute Gasteiger partial charge is 0.0727 e. The summed E-state index contributed by atoms with van der Waals surface area (Å²) < 4.78 is 5.36. The van der Waals surface area contributed by atoms with E-state index in [2.05, 4.69) is 18.7 Å². The van der Waals surface area contributed by atoms with Crippen molar-refractivity contribution >= 4 is 11.3 Å². The number of aryl methyl sites for hydroxylation is 1. The van der Waals surface area contributed by atoms with E-state index in [4.69, 9.17) is 4.74 Å². The predicted molar refractivity (Wildman–Crippen MR) is 57.2 cm³/mol. The second-order valence-electron chi connectivity index (χ2n) is 2.82. The molecule has 3 heteroatoms. The van der Waals surface area contributed by atoms with Gasteiger partial charge in [-0.05, 0) is 25.1 Å². The Balaban J connectivity index is 0.000000396. The molecule has 0 spiro atoms. The van der Waals surface area contributed by atoms with Gasteiger partial charge in [0.2, 0.25) is 0 Å². The average Bonchev–Trinajstić information content (AvgIpc) is 2.63. The van der Waals surface area contributed by atoms with Gasteiger partial charge in [0.25, 0.3) is 0 Å². The Morgan fingerprint density at radius 3 is 2.92 bits per heavy atom. The van der Waals surface area contributed by atoms with E-state index < -0.39 is 0 Å². The van der Waals surface area contributed by atoms with Crippen molar-refractivity contribution in [1.82, 2.24) is 0 Å². The summed E-state index contributed by atoms with van der Waals surface area (Å²) in [7, 11) is 1.50. The van der Waals surface area contributed by atoms with Crippen molar-refractivity contribution in [2.75, 3.05) is 13.7 Å². The van der Waals surface area contributed by atoms with Crippen LogP contribution in [0.5, 0.6) is 0 Å². The van der Waals surface area contributed by atoms with Crippen molar-refractivity contribution < 1.29 is 4.74 Å². The molecule has 0 saturated carbocycles. The molecule has 1 aromatic rings. The van der Waals surface area contributed by atoms with Crippen LogP contribution in [0.3, 0.4) is 0 Å². The fraction of sp³-hybridized carbons (Fsp3) is 0.600. The molecule has 0 aromatic carbocycles. The first kappa shape index (κ1) is 10.7. The Morgan fingerprint density at radius 1 is 1.54 bits per heavy atom. The molecule has 0 bridgehead atoms. The maximum atomic E-state index is 5.36. The highest BCUT2D eigenvalue weighted by atomic mass is 32.1. The number of thiophene rings is 1. The largest absolute Gasteiger partial charge is 0.376 e. The maximum absolute atomic E-state index is 5.36. The van der Waals surface area contributed by atoms with Crippen LogP contribution in [0.2, 0.25) is 0 Å². The Bertz CT molecular complexity index is 234. The van der Waals surface area contributed by atoms with Gasteiger partial charge in [0.05, 0.1) is 13.2 Å². The van der Waals surface area contributed by atoms with E-state index in [1.165, 1.54) is 17.5 Å². The highest BCUT2D eigenvalue weighted by Gasteiger charge is 2.12. The van der Waals surface area contributed by atoms with E-state index in [1.807, 2.05) is 11.3 Å². The fourth-order valence-corrected chi connectivity index (χ4v) is 2.48. The number of hydrogen-bond acceptors (Lipinski definition) is 3. The van der Waals surface area contributed by atoms with Gasteiger partial charge in [-0.3, -0.25) is 0 Å². The standard InChI is InChI=1S/C9H12OS.CH5N/c1-2-8-5-7-6-10-4-3-9(7)11-8;1-2/h5H,2-4,6H2,1H3;2H2,1H3. The van der Waals surface area contributed by atoms with Gasteiger partial charge in [0.1, 0.15) is 0 Å². The van der Waals surface area contributed by atoms with Gasteiger partial charge in [0.15, 0.2) is 0 Å². The number of rotatable bonds is 1. The summed E-state index contributed by atoms with van der Waals surface area (Å²) in [6, 6.07) is 2.29. The van der Waals surface area contributed by atoms with Gasteiger partial charge in [0, 0.05) is 16.2 Å². The van der Waals surface area contributed by atoms with Gasteiger partial charge in [-0.25, -0.2) is 0 Å². The van der Waals surface area contributed by atoms with E-state index in [9.17, 15) is 0 Å². The summed E-state index contributed by atoms with van der Waals surface area (Å²) in [6.45, 7) is 3.96. The first-order chi connectivity index (χ1) is 6.40. The zero-order chi connectivity index (χ0) is 9.68. The summed E-state index contributed by atoms with van der Waals surface area (Å²) in [4.78, 5) is 3.05. The molecule has 74 valence electrons. The van der Waals surface area contributed by atoms with Gasteiger partial charge in [-0.1, -0.05) is 6.92 Å². The van der Waals surface area contributed by atoms with Crippen molar-refractivity contribution in [2.24, 2.45) is 5.73 Å². The second-order valence-corrected chi connectivity index (χ2v) is 4.04. The van der Waals surface area contributed by atoms with E-state index in [0.717, 1.165) is 26.1 Å². The zero-order valence-corrected chi connectivity index (χ0v) is 9.12. The van der Waals surface area contributed by atoms with Crippen LogP contribution < -0.4 is 5.73 Å². The molecule has 2 rings (SSSR count). The summed E-state index contributed by atoms with van der Waals surface area (Å²) >= 11 is 1.96. The minimum atomic E-state index is 0.839. The van der Waals surface area contributed by atoms with Crippen LogP contribution in [0.15, 0.2) is 6.07 Å². The molecule has 0 aliphatic carbocycles. The molecule has 1 aromatic heterocycles. The van der Waals surface area contributed by atoms with E-state index in [0.29, 0.717) is 0 Å². The first-order valence-electron chi connectivity index (χ1n) is 4.66. The lowest BCUT2D eigenvalue weighted by Gasteiger charge is -2.10. The van der Waals surface area contributed by atoms with Crippen molar-refractivity contribution in [2.45, 2.75) is 26.4 Å². The van der Waals surface area contributed by atoms with Crippen LogP contribution in [-0.2, 0) is 24.2 Å². The van der Waals surface area contributed by atoms with E-state index in [1.54, 1.807) is 4.88 Å². The minimum absolute atomic E-state index is 0.839. The topological polar surface area (TPSA) is 35.2 Å². The predicted octanol–water partition coefficient (Wildman–Crippen LogP) is 1.96. The zero-order valence-electron chi connectivity index (χ0n) is 8.30. The molecule has 2 heterocycles. The lowest BCUT2D eigenvalue weighted by molar-refractivity contribution is 0.112. The van der Waals surface area contributed by atoms with E-state index >= 15 is 0 Å². The molecule has 0 fully saturated rings. The third-order valence-corrected chi connectivity index (χ3v) is 3.41. The quantitative estimate of drug-likeness (QED) is 0.750.